The molecular weight excluding hydrogens is 214 g/mol. The van der Waals surface area contributed by atoms with Gasteiger partial charge in [-0.1, -0.05) is 26.2 Å². The van der Waals surface area contributed by atoms with Crippen molar-refractivity contribution in [3.63, 3.8) is 0 Å². The molecule has 1 atom stereocenters. The first-order chi connectivity index (χ1) is 8.26. The Hall–Kier alpha value is -1.63. The van der Waals surface area contributed by atoms with Gasteiger partial charge in [0.15, 0.2) is 0 Å². The van der Waals surface area contributed by atoms with Crippen LogP contribution < -0.4 is 4.74 Å². The molecule has 92 valence electrons. The van der Waals surface area contributed by atoms with Crippen LogP contribution in [0.3, 0.4) is 0 Å². The van der Waals surface area contributed by atoms with E-state index in [1.54, 1.807) is 12.3 Å². The van der Waals surface area contributed by atoms with E-state index in [0.717, 1.165) is 12.8 Å². The van der Waals surface area contributed by atoms with Crippen LogP contribution in [0.5, 0.6) is 6.01 Å². The Morgan fingerprint density at radius 3 is 2.94 bits per heavy atom. The van der Waals surface area contributed by atoms with Crippen molar-refractivity contribution in [3.05, 3.63) is 18.0 Å². The van der Waals surface area contributed by atoms with E-state index < -0.39 is 0 Å². The minimum absolute atomic E-state index is 0.0980. The number of rotatable bonds is 7. The minimum Gasteiger partial charge on any atom is -0.460 e. The zero-order valence-electron chi connectivity index (χ0n) is 10.5. The van der Waals surface area contributed by atoms with Crippen LogP contribution in [0, 0.1) is 11.3 Å². The van der Waals surface area contributed by atoms with Gasteiger partial charge < -0.3 is 4.74 Å². The van der Waals surface area contributed by atoms with Crippen LogP contribution in [0.25, 0.3) is 0 Å². The molecule has 0 N–H and O–H groups in total. The Morgan fingerprint density at radius 2 is 2.24 bits per heavy atom. The van der Waals surface area contributed by atoms with E-state index >= 15 is 0 Å². The lowest BCUT2D eigenvalue weighted by molar-refractivity contribution is 0.189. The molecule has 17 heavy (non-hydrogen) atoms. The molecule has 1 heterocycles. The summed E-state index contributed by atoms with van der Waals surface area (Å²) in [5.74, 6) is 0. The van der Waals surface area contributed by atoms with Crippen LogP contribution in [0.15, 0.2) is 12.3 Å². The van der Waals surface area contributed by atoms with E-state index in [1.807, 2.05) is 13.0 Å². The maximum Gasteiger partial charge on any atom is 0.317 e. The third kappa shape index (κ3) is 5.30. The lowest BCUT2D eigenvalue weighted by atomic mass is 10.1. The van der Waals surface area contributed by atoms with Crippen LogP contribution in [-0.4, -0.2) is 16.1 Å². The van der Waals surface area contributed by atoms with Crippen LogP contribution in [0.4, 0.5) is 0 Å². The van der Waals surface area contributed by atoms with Gasteiger partial charge in [0.2, 0.25) is 0 Å². The number of unbranched alkanes of at least 4 members (excludes halogenated alkanes) is 3. The lowest BCUT2D eigenvalue weighted by Gasteiger charge is -2.12. The fourth-order valence-electron chi connectivity index (χ4n) is 1.56. The van der Waals surface area contributed by atoms with E-state index in [2.05, 4.69) is 16.9 Å². The topological polar surface area (TPSA) is 58.8 Å². The van der Waals surface area contributed by atoms with Crippen LogP contribution >= 0.6 is 0 Å². The van der Waals surface area contributed by atoms with Gasteiger partial charge in [0.05, 0.1) is 6.10 Å². The van der Waals surface area contributed by atoms with Crippen molar-refractivity contribution in [3.8, 4) is 12.1 Å². The molecule has 1 aromatic heterocycles. The van der Waals surface area contributed by atoms with Crippen LogP contribution in [-0.2, 0) is 0 Å². The molecular formula is C13H19N3O. The van der Waals surface area contributed by atoms with E-state index in [1.165, 1.54) is 19.3 Å². The van der Waals surface area contributed by atoms with Gasteiger partial charge in [0.1, 0.15) is 11.8 Å². The molecule has 1 rings (SSSR count). The summed E-state index contributed by atoms with van der Waals surface area (Å²) in [6, 6.07) is 3.84. The van der Waals surface area contributed by atoms with Gasteiger partial charge in [-0.25, -0.2) is 4.98 Å². The predicted octanol–water partition coefficient (Wildman–Crippen LogP) is 3.09. The maximum absolute atomic E-state index is 8.70. The first-order valence-corrected chi connectivity index (χ1v) is 6.16. The largest absolute Gasteiger partial charge is 0.460 e. The van der Waals surface area contributed by atoms with E-state index in [-0.39, 0.29) is 6.10 Å². The van der Waals surface area contributed by atoms with Crippen molar-refractivity contribution < 1.29 is 4.74 Å². The van der Waals surface area contributed by atoms with Crippen molar-refractivity contribution in [2.24, 2.45) is 0 Å². The average Bonchev–Trinajstić information content (AvgIpc) is 2.35. The van der Waals surface area contributed by atoms with E-state index in [9.17, 15) is 0 Å². The Balaban J connectivity index is 2.34. The third-order valence-electron chi connectivity index (χ3n) is 2.52. The van der Waals surface area contributed by atoms with Gasteiger partial charge in [-0.2, -0.15) is 10.2 Å². The summed E-state index contributed by atoms with van der Waals surface area (Å²) in [7, 11) is 0. The standard InChI is InChI=1S/C13H19N3O/c1-3-4-5-6-7-11(2)17-13-15-9-8-12(10-14)16-13/h8-9,11H,3-7H2,1-2H3. The molecule has 0 aromatic carbocycles. The van der Waals surface area contributed by atoms with E-state index in [0.29, 0.717) is 11.7 Å². The highest BCUT2D eigenvalue weighted by atomic mass is 16.5. The second kappa shape index (κ2) is 7.61. The molecule has 0 aliphatic heterocycles. The predicted molar refractivity (Wildman–Crippen MR) is 65.6 cm³/mol. The average molecular weight is 233 g/mol. The molecule has 0 saturated heterocycles. The molecule has 0 aliphatic carbocycles. The summed E-state index contributed by atoms with van der Waals surface area (Å²) in [6.45, 7) is 4.20. The molecule has 1 aromatic rings. The zero-order valence-corrected chi connectivity index (χ0v) is 10.5. The number of hydrogen-bond donors (Lipinski definition) is 0. The Kier molecular flexibility index (Phi) is 6.02. The molecule has 4 heteroatoms. The number of ether oxygens (including phenoxy) is 1. The van der Waals surface area contributed by atoms with Crippen molar-refractivity contribution in [2.45, 2.75) is 52.1 Å². The SMILES string of the molecule is CCCCCCC(C)Oc1nccc(C#N)n1. The Morgan fingerprint density at radius 1 is 1.41 bits per heavy atom. The summed E-state index contributed by atoms with van der Waals surface area (Å²) < 4.78 is 5.56. The summed E-state index contributed by atoms with van der Waals surface area (Å²) in [5.41, 5.74) is 0.341. The smallest absolute Gasteiger partial charge is 0.317 e. The van der Waals surface area contributed by atoms with Gasteiger partial charge in [-0.05, 0) is 25.8 Å². The van der Waals surface area contributed by atoms with Gasteiger partial charge in [0.25, 0.3) is 0 Å². The van der Waals surface area contributed by atoms with Crippen molar-refractivity contribution in [2.75, 3.05) is 0 Å². The number of aromatic nitrogens is 2. The molecule has 0 saturated carbocycles. The molecule has 4 nitrogen and oxygen atoms in total. The van der Waals surface area contributed by atoms with Gasteiger partial charge >= 0.3 is 6.01 Å². The van der Waals surface area contributed by atoms with Crippen molar-refractivity contribution in [1.82, 2.24) is 9.97 Å². The Bertz CT molecular complexity index is 373. The van der Waals surface area contributed by atoms with Gasteiger partial charge in [0, 0.05) is 6.20 Å². The first kappa shape index (κ1) is 13.4. The first-order valence-electron chi connectivity index (χ1n) is 6.16. The van der Waals surface area contributed by atoms with Crippen molar-refractivity contribution >= 4 is 0 Å². The molecule has 1 unspecified atom stereocenters. The molecule has 0 amide bonds. The fourth-order valence-corrected chi connectivity index (χ4v) is 1.56. The van der Waals surface area contributed by atoms with Gasteiger partial charge in [-0.15, -0.1) is 0 Å². The summed E-state index contributed by atoms with van der Waals surface area (Å²) in [6.07, 6.45) is 7.55. The summed E-state index contributed by atoms with van der Waals surface area (Å²) >= 11 is 0. The summed E-state index contributed by atoms with van der Waals surface area (Å²) in [4.78, 5) is 7.97. The van der Waals surface area contributed by atoms with Gasteiger partial charge in [-0.3, -0.25) is 0 Å². The number of nitriles is 1. The highest BCUT2D eigenvalue weighted by Crippen LogP contribution is 2.11. The second-order valence-electron chi connectivity index (χ2n) is 4.11. The van der Waals surface area contributed by atoms with Crippen LogP contribution in [0.2, 0.25) is 0 Å². The van der Waals surface area contributed by atoms with E-state index in [4.69, 9.17) is 10.00 Å². The second-order valence-corrected chi connectivity index (χ2v) is 4.11. The van der Waals surface area contributed by atoms with Crippen LogP contribution in [0.1, 0.15) is 51.6 Å². The molecule has 0 spiro atoms. The highest BCUT2D eigenvalue weighted by Gasteiger charge is 2.06. The molecule has 0 bridgehead atoms. The number of hydrogen-bond acceptors (Lipinski definition) is 4. The monoisotopic (exact) mass is 233 g/mol. The lowest BCUT2D eigenvalue weighted by Crippen LogP contribution is -2.13. The third-order valence-corrected chi connectivity index (χ3v) is 2.52. The molecule has 0 fully saturated rings. The fraction of sp³-hybridized carbons (Fsp3) is 0.615. The number of nitrogens with zero attached hydrogens (tertiary/aromatic N) is 3. The highest BCUT2D eigenvalue weighted by molar-refractivity contribution is 5.19. The van der Waals surface area contributed by atoms with Crippen molar-refractivity contribution in [1.29, 1.82) is 5.26 Å². The summed E-state index contributed by atoms with van der Waals surface area (Å²) in [5, 5.41) is 8.70. The minimum atomic E-state index is 0.0980. The quantitative estimate of drug-likeness (QED) is 0.679. The normalized spacial score (nSPS) is 11.8. The molecule has 0 aliphatic rings. The Labute approximate surface area is 103 Å². The zero-order chi connectivity index (χ0) is 12.5. The molecule has 0 radical (unpaired) electrons. The maximum atomic E-state index is 8.70.